The zero-order chi connectivity index (χ0) is 45.2. The van der Waals surface area contributed by atoms with Crippen molar-refractivity contribution < 1.29 is 24.5 Å². The molecule has 0 spiro atoms. The Bertz CT molecular complexity index is 1110. The van der Waals surface area contributed by atoms with Crippen LogP contribution in [-0.4, -0.2) is 46.9 Å². The zero-order valence-corrected chi connectivity index (χ0v) is 41.0. The number of ether oxygens (including phenoxy) is 1. The molecule has 360 valence electrons. The number of nitrogens with one attached hydrogen (secondary N) is 1. The molecule has 62 heavy (non-hydrogen) atoms. The minimum absolute atomic E-state index is 0.000827. The molecule has 0 fully saturated rings. The van der Waals surface area contributed by atoms with E-state index in [9.17, 15) is 19.8 Å². The molecule has 3 atom stereocenters. The van der Waals surface area contributed by atoms with Gasteiger partial charge in [0, 0.05) is 12.8 Å². The van der Waals surface area contributed by atoms with Crippen molar-refractivity contribution in [1.82, 2.24) is 5.32 Å². The summed E-state index contributed by atoms with van der Waals surface area (Å²) in [6, 6.07) is -0.731. The average Bonchev–Trinajstić information content (AvgIpc) is 3.26. The fraction of sp³-hybridized carbons (Fsp3) is 0.786. The van der Waals surface area contributed by atoms with E-state index in [1.807, 2.05) is 6.08 Å². The van der Waals surface area contributed by atoms with Crippen molar-refractivity contribution in [2.24, 2.45) is 0 Å². The highest BCUT2D eigenvalue weighted by Gasteiger charge is 2.23. The summed E-state index contributed by atoms with van der Waals surface area (Å²) in [5, 5.41) is 23.7. The summed E-state index contributed by atoms with van der Waals surface area (Å²) in [4.78, 5) is 26.1. The van der Waals surface area contributed by atoms with Crippen LogP contribution in [0.15, 0.2) is 60.8 Å². The van der Waals surface area contributed by atoms with E-state index in [2.05, 4.69) is 80.8 Å². The number of carbonyl (C=O) groups excluding carboxylic acids is 2. The zero-order valence-electron chi connectivity index (χ0n) is 41.0. The van der Waals surface area contributed by atoms with Gasteiger partial charge < -0.3 is 20.3 Å². The maximum Gasteiger partial charge on any atom is 0.306 e. The van der Waals surface area contributed by atoms with Gasteiger partial charge in [0.1, 0.15) is 6.10 Å². The SMILES string of the molecule is CC/C=C\C/C=C\C/C=C\C/C=C\C/C=C\CC(CC(=O)NC(CO)C(O)CCCCCCCCCCCCCC)OC(=O)CCCCCCCCCCCCCCCCCC. The molecule has 6 nitrogen and oxygen atoms in total. The Balaban J connectivity index is 4.68. The maximum atomic E-state index is 13.2. The van der Waals surface area contributed by atoms with Gasteiger partial charge in [-0.2, -0.15) is 0 Å². The Morgan fingerprint density at radius 1 is 0.484 bits per heavy atom. The molecule has 0 rings (SSSR count). The maximum absolute atomic E-state index is 13.2. The molecular formula is C56H101NO5. The van der Waals surface area contributed by atoms with Gasteiger partial charge in [-0.25, -0.2) is 0 Å². The van der Waals surface area contributed by atoms with Crippen molar-refractivity contribution in [3.63, 3.8) is 0 Å². The third-order valence-electron chi connectivity index (χ3n) is 11.9. The van der Waals surface area contributed by atoms with Crippen LogP contribution in [0, 0.1) is 0 Å². The fourth-order valence-corrected chi connectivity index (χ4v) is 7.87. The van der Waals surface area contributed by atoms with Gasteiger partial charge in [-0.3, -0.25) is 9.59 Å². The summed E-state index contributed by atoms with van der Waals surface area (Å²) in [6.45, 7) is 6.35. The van der Waals surface area contributed by atoms with Crippen LogP contribution in [0.4, 0.5) is 0 Å². The molecule has 3 N–H and O–H groups in total. The van der Waals surface area contributed by atoms with Crippen LogP contribution in [0.25, 0.3) is 0 Å². The predicted molar refractivity (Wildman–Crippen MR) is 268 cm³/mol. The average molecular weight is 868 g/mol. The van der Waals surface area contributed by atoms with Gasteiger partial charge in [0.15, 0.2) is 0 Å². The first-order valence-corrected chi connectivity index (χ1v) is 26.5. The monoisotopic (exact) mass is 868 g/mol. The highest BCUT2D eigenvalue weighted by Crippen LogP contribution is 2.17. The molecule has 0 radical (unpaired) electrons. The number of amides is 1. The highest BCUT2D eigenvalue weighted by molar-refractivity contribution is 5.77. The van der Waals surface area contributed by atoms with E-state index >= 15 is 0 Å². The van der Waals surface area contributed by atoms with Crippen LogP contribution < -0.4 is 5.32 Å². The molecular weight excluding hydrogens is 767 g/mol. The molecule has 0 aromatic rings. The molecule has 0 saturated carbocycles. The quantitative estimate of drug-likeness (QED) is 0.0322. The second-order valence-corrected chi connectivity index (χ2v) is 17.9. The van der Waals surface area contributed by atoms with Crippen LogP contribution in [0.2, 0.25) is 0 Å². The number of allylic oxidation sites excluding steroid dienone is 9. The van der Waals surface area contributed by atoms with E-state index in [1.165, 1.54) is 141 Å². The van der Waals surface area contributed by atoms with Gasteiger partial charge in [0.05, 0.1) is 25.2 Å². The lowest BCUT2D eigenvalue weighted by Gasteiger charge is -2.24. The van der Waals surface area contributed by atoms with Gasteiger partial charge in [0.25, 0.3) is 0 Å². The van der Waals surface area contributed by atoms with Crippen molar-refractivity contribution in [2.75, 3.05) is 6.61 Å². The molecule has 0 bridgehead atoms. The molecule has 0 aromatic carbocycles. The largest absolute Gasteiger partial charge is 0.461 e. The van der Waals surface area contributed by atoms with Gasteiger partial charge in [-0.1, -0.05) is 255 Å². The smallest absolute Gasteiger partial charge is 0.306 e. The van der Waals surface area contributed by atoms with E-state index in [0.717, 1.165) is 70.6 Å². The molecule has 0 aliphatic rings. The van der Waals surface area contributed by atoms with Crippen LogP contribution >= 0.6 is 0 Å². The van der Waals surface area contributed by atoms with Gasteiger partial charge in [-0.15, -0.1) is 0 Å². The fourth-order valence-electron chi connectivity index (χ4n) is 7.87. The summed E-state index contributed by atoms with van der Waals surface area (Å²) in [5.74, 6) is -0.573. The molecule has 0 aromatic heterocycles. The van der Waals surface area contributed by atoms with Crippen molar-refractivity contribution in [3.8, 4) is 0 Å². The van der Waals surface area contributed by atoms with Crippen molar-refractivity contribution in [3.05, 3.63) is 60.8 Å². The summed E-state index contributed by atoms with van der Waals surface area (Å²) in [7, 11) is 0. The number of aliphatic hydroxyl groups excluding tert-OH is 2. The van der Waals surface area contributed by atoms with Gasteiger partial charge in [0.2, 0.25) is 5.91 Å². The lowest BCUT2D eigenvalue weighted by atomic mass is 10.0. The van der Waals surface area contributed by atoms with Crippen molar-refractivity contribution in [2.45, 2.75) is 277 Å². The second-order valence-electron chi connectivity index (χ2n) is 17.9. The Kier molecular flexibility index (Phi) is 47.6. The van der Waals surface area contributed by atoms with Crippen molar-refractivity contribution >= 4 is 11.9 Å². The summed E-state index contributed by atoms with van der Waals surface area (Å²) < 4.78 is 5.88. The van der Waals surface area contributed by atoms with Gasteiger partial charge in [-0.05, 0) is 44.9 Å². The highest BCUT2D eigenvalue weighted by atomic mass is 16.5. The van der Waals surface area contributed by atoms with Crippen LogP contribution in [0.3, 0.4) is 0 Å². The standard InChI is InChI=1S/C56H101NO5/c1-4-7-10-13-16-19-22-25-27-29-31-34-37-40-43-46-49-56(61)62-52(47-44-41-38-35-32-30-28-26-23-20-17-14-11-8-5-2)50-55(60)57-53(51-58)54(59)48-45-42-39-36-33-24-21-18-15-12-9-6-3/h8,11,17,20,26,28,32,35,41,44,52-54,58-59H,4-7,9-10,12-16,18-19,21-25,27,29-31,33-34,36-40,42-43,45-51H2,1-3H3,(H,57,60)/b11-8-,20-17-,28-26-,35-32-,44-41-. The van der Waals surface area contributed by atoms with E-state index in [-0.39, 0.29) is 24.9 Å². The first-order chi connectivity index (χ1) is 30.5. The Labute approximate surface area is 384 Å². The Morgan fingerprint density at radius 3 is 1.23 bits per heavy atom. The van der Waals surface area contributed by atoms with Gasteiger partial charge >= 0.3 is 5.97 Å². The molecule has 6 heteroatoms. The summed E-state index contributed by atoms with van der Waals surface area (Å²) in [6.07, 6.45) is 61.6. The third kappa shape index (κ3) is 44.2. The third-order valence-corrected chi connectivity index (χ3v) is 11.9. The summed E-state index contributed by atoms with van der Waals surface area (Å²) >= 11 is 0. The molecule has 0 aliphatic carbocycles. The van der Waals surface area contributed by atoms with Crippen molar-refractivity contribution in [1.29, 1.82) is 0 Å². The number of esters is 1. The first kappa shape index (κ1) is 59.6. The van der Waals surface area contributed by atoms with E-state index in [0.29, 0.717) is 19.3 Å². The van der Waals surface area contributed by atoms with Crippen LogP contribution in [0.1, 0.15) is 258 Å². The van der Waals surface area contributed by atoms with E-state index in [4.69, 9.17) is 4.74 Å². The lowest BCUT2D eigenvalue weighted by molar-refractivity contribution is -0.150. The number of hydrogen-bond donors (Lipinski definition) is 3. The number of carbonyl (C=O) groups is 2. The topological polar surface area (TPSA) is 95.9 Å². The molecule has 1 amide bonds. The Morgan fingerprint density at radius 2 is 0.839 bits per heavy atom. The molecule has 3 unspecified atom stereocenters. The van der Waals surface area contributed by atoms with E-state index < -0.39 is 18.2 Å². The lowest BCUT2D eigenvalue weighted by Crippen LogP contribution is -2.46. The summed E-state index contributed by atoms with van der Waals surface area (Å²) in [5.41, 5.74) is 0. The normalized spacial score (nSPS) is 13.7. The van der Waals surface area contributed by atoms with E-state index in [1.54, 1.807) is 0 Å². The number of rotatable bonds is 47. The van der Waals surface area contributed by atoms with Crippen LogP contribution in [-0.2, 0) is 14.3 Å². The minimum Gasteiger partial charge on any atom is -0.461 e. The first-order valence-electron chi connectivity index (χ1n) is 26.5. The predicted octanol–water partition coefficient (Wildman–Crippen LogP) is 16.0. The number of unbranched alkanes of at least 4 members (excludes halogenated alkanes) is 26. The number of hydrogen-bond acceptors (Lipinski definition) is 5. The minimum atomic E-state index is -0.811. The molecule has 0 heterocycles. The second kappa shape index (κ2) is 49.6. The Hall–Kier alpha value is -2.44. The molecule has 0 saturated heterocycles. The molecule has 0 aliphatic heterocycles. The number of aliphatic hydroxyl groups is 2. The van der Waals surface area contributed by atoms with Crippen LogP contribution in [0.5, 0.6) is 0 Å².